The van der Waals surface area contributed by atoms with Crippen LogP contribution in [-0.2, 0) is 37.8 Å². The molecule has 4 N–H and O–H groups in total. The molecule has 12 nitrogen and oxygen atoms in total. The van der Waals surface area contributed by atoms with Gasteiger partial charge in [-0.05, 0) is 97.0 Å². The molecule has 0 aliphatic carbocycles. The molecule has 2 fully saturated rings. The maximum Gasteiger partial charge on any atom is 0.276 e. The van der Waals surface area contributed by atoms with Crippen molar-refractivity contribution in [2.45, 2.75) is 63.9 Å². The maximum atomic E-state index is 15.3. The molecule has 3 aromatic carbocycles. The lowest BCUT2D eigenvalue weighted by Gasteiger charge is -2.35. The minimum atomic E-state index is -0.821. The second-order valence-electron chi connectivity index (χ2n) is 15.1. The first-order valence-electron chi connectivity index (χ1n) is 19.1. The van der Waals surface area contributed by atoms with Crippen molar-refractivity contribution in [2.24, 2.45) is 13.0 Å². The number of aryl methyl sites for hydroxylation is 1. The number of anilines is 2. The zero-order valence-electron chi connectivity index (χ0n) is 31.5. The quantitative estimate of drug-likeness (QED) is 0.154. The van der Waals surface area contributed by atoms with E-state index in [1.54, 1.807) is 38.1 Å². The molecule has 3 aliphatic rings. The fourth-order valence-electron chi connectivity index (χ4n) is 8.65. The van der Waals surface area contributed by atoms with Crippen LogP contribution in [0.4, 0.5) is 15.8 Å². The van der Waals surface area contributed by atoms with Crippen LogP contribution in [0.25, 0.3) is 22.0 Å². The molecule has 1 amide bonds. The molecule has 8 rings (SSSR count). The van der Waals surface area contributed by atoms with Crippen molar-refractivity contribution in [3.63, 3.8) is 0 Å². The van der Waals surface area contributed by atoms with Crippen LogP contribution in [0.3, 0.4) is 0 Å². The van der Waals surface area contributed by atoms with Gasteiger partial charge in [-0.1, -0.05) is 18.2 Å². The van der Waals surface area contributed by atoms with Crippen LogP contribution in [0.1, 0.15) is 47.9 Å². The number of rotatable bonds is 10. The number of amides is 1. The number of carbonyl (C=O) groups excluding carboxylic acids is 1. The predicted molar refractivity (Wildman–Crippen MR) is 210 cm³/mol. The number of H-pyrrole nitrogens is 1. The molecular formula is C42H48FN7O5. The highest BCUT2D eigenvalue weighted by molar-refractivity contribution is 5.94. The van der Waals surface area contributed by atoms with E-state index in [1.807, 2.05) is 24.4 Å². The summed E-state index contributed by atoms with van der Waals surface area (Å²) < 4.78 is 28.8. The van der Waals surface area contributed by atoms with Gasteiger partial charge in [0.05, 0.1) is 31.7 Å². The number of fused-ring (bicyclic) bond motifs is 2. The number of aliphatic hydroxyl groups excluding tert-OH is 1. The van der Waals surface area contributed by atoms with Gasteiger partial charge >= 0.3 is 0 Å². The van der Waals surface area contributed by atoms with Gasteiger partial charge in [-0.15, -0.1) is 0 Å². The first-order valence-corrected chi connectivity index (χ1v) is 19.1. The van der Waals surface area contributed by atoms with Gasteiger partial charge in [-0.25, -0.2) is 4.39 Å². The van der Waals surface area contributed by atoms with E-state index in [0.717, 1.165) is 85.4 Å². The van der Waals surface area contributed by atoms with Gasteiger partial charge in [0, 0.05) is 62.6 Å². The molecular weight excluding hydrogens is 702 g/mol. The number of nitrogens with zero attached hydrogens (tertiary/aromatic N) is 4. The number of methoxy groups -OCH3 is 2. The number of carbonyl (C=O) groups is 1. The SMILES string of the molecule is COc1cc(-c2cn(C)c(=O)c3[nH]ncc23)cc(OC)c1CN1CCc2c(CC3CCN(c4ccc(NC5CCC(O)NC5=O)cc4F)CC3)cccc2C1. The summed E-state index contributed by atoms with van der Waals surface area (Å²) in [7, 11) is 5.09. The number of piperidine rings is 2. The minimum absolute atomic E-state index is 0.133. The van der Waals surface area contributed by atoms with Gasteiger partial charge < -0.3 is 34.7 Å². The Morgan fingerprint density at radius 2 is 1.78 bits per heavy atom. The second kappa shape index (κ2) is 15.4. The Morgan fingerprint density at radius 1 is 1.00 bits per heavy atom. The van der Waals surface area contributed by atoms with Gasteiger partial charge in [0.15, 0.2) is 0 Å². The number of benzene rings is 3. The molecule has 0 bridgehead atoms. The van der Waals surface area contributed by atoms with Crippen molar-refractivity contribution in [2.75, 3.05) is 44.1 Å². The van der Waals surface area contributed by atoms with Crippen LogP contribution >= 0.6 is 0 Å². The zero-order valence-corrected chi connectivity index (χ0v) is 31.5. The van der Waals surface area contributed by atoms with Gasteiger partial charge in [-0.2, -0.15) is 5.10 Å². The lowest BCUT2D eigenvalue weighted by molar-refractivity contribution is -0.127. The monoisotopic (exact) mass is 749 g/mol. The summed E-state index contributed by atoms with van der Waals surface area (Å²) in [4.78, 5) is 29.4. The first kappa shape index (κ1) is 36.6. The van der Waals surface area contributed by atoms with Crippen LogP contribution in [0.5, 0.6) is 11.5 Å². The molecule has 13 heteroatoms. The van der Waals surface area contributed by atoms with Crippen molar-refractivity contribution < 1.29 is 23.8 Å². The third-order valence-corrected chi connectivity index (χ3v) is 11.6. The van der Waals surface area contributed by atoms with E-state index < -0.39 is 12.3 Å². The van der Waals surface area contributed by atoms with Crippen molar-refractivity contribution in [3.8, 4) is 22.6 Å². The first-order chi connectivity index (χ1) is 26.7. The molecule has 0 spiro atoms. The topological polar surface area (TPSA) is 137 Å². The van der Waals surface area contributed by atoms with E-state index in [9.17, 15) is 14.7 Å². The summed E-state index contributed by atoms with van der Waals surface area (Å²) in [5.41, 5.74) is 8.41. The molecule has 2 atom stereocenters. The largest absolute Gasteiger partial charge is 0.496 e. The van der Waals surface area contributed by atoms with Crippen LogP contribution in [0.2, 0.25) is 0 Å². The normalized spacial score (nSPS) is 19.3. The second-order valence-corrected chi connectivity index (χ2v) is 15.1. The summed E-state index contributed by atoms with van der Waals surface area (Å²) in [5.74, 6) is 1.41. The van der Waals surface area contributed by atoms with E-state index in [0.29, 0.717) is 42.2 Å². The molecule has 288 valence electrons. The van der Waals surface area contributed by atoms with E-state index in [4.69, 9.17) is 9.47 Å². The Bertz CT molecular complexity index is 2260. The lowest BCUT2D eigenvalue weighted by Crippen LogP contribution is -2.49. The molecule has 2 aromatic heterocycles. The molecule has 5 aromatic rings. The fourth-order valence-corrected chi connectivity index (χ4v) is 8.65. The molecule has 0 radical (unpaired) electrons. The zero-order chi connectivity index (χ0) is 38.2. The van der Waals surface area contributed by atoms with Gasteiger partial charge in [0.1, 0.15) is 35.1 Å². The molecule has 2 saturated heterocycles. The summed E-state index contributed by atoms with van der Waals surface area (Å²) in [6, 6.07) is 15.3. The minimum Gasteiger partial charge on any atom is -0.496 e. The van der Waals surface area contributed by atoms with Gasteiger partial charge in [0.2, 0.25) is 5.91 Å². The Balaban J connectivity index is 0.908. The smallest absolute Gasteiger partial charge is 0.276 e. The average Bonchev–Trinajstić information content (AvgIpc) is 3.69. The van der Waals surface area contributed by atoms with E-state index in [1.165, 1.54) is 22.8 Å². The van der Waals surface area contributed by atoms with E-state index >= 15 is 4.39 Å². The Labute approximate surface area is 319 Å². The lowest BCUT2D eigenvalue weighted by atomic mass is 9.85. The molecule has 2 unspecified atom stereocenters. The molecule has 3 aliphatic heterocycles. The third-order valence-electron chi connectivity index (χ3n) is 11.6. The van der Waals surface area contributed by atoms with Crippen molar-refractivity contribution in [3.05, 3.63) is 99.3 Å². The number of hydrogen-bond donors (Lipinski definition) is 4. The standard InChI is InChI=1S/C42H48FN7O5/c1-48-23-32(31-21-44-47-40(31)42(48)53)28-18-37(54-2)33(38(19-28)55-3)24-49-14-13-30-26(5-4-6-27(30)22-49)17-25-11-15-50(16-12-25)36-9-7-29(20-34(36)43)45-35-8-10-39(51)46-41(35)52/h4-7,9,18-21,23,25,35,39,45,51H,8,10-17,22,24H2,1-3H3,(H,44,47)(H,46,52). The number of nitrogens with one attached hydrogen (secondary N) is 3. The predicted octanol–water partition coefficient (Wildman–Crippen LogP) is 5.11. The van der Waals surface area contributed by atoms with Crippen molar-refractivity contribution >= 4 is 28.2 Å². The summed E-state index contributed by atoms with van der Waals surface area (Å²) in [6.07, 6.45) is 7.57. The van der Waals surface area contributed by atoms with Crippen LogP contribution < -0.4 is 30.6 Å². The number of aromatic amines is 1. The average molecular weight is 750 g/mol. The van der Waals surface area contributed by atoms with Gasteiger partial charge in [-0.3, -0.25) is 19.6 Å². The Morgan fingerprint density at radius 3 is 2.51 bits per heavy atom. The highest BCUT2D eigenvalue weighted by atomic mass is 19.1. The number of aliphatic hydroxyl groups is 1. The summed E-state index contributed by atoms with van der Waals surface area (Å²) >= 11 is 0. The van der Waals surface area contributed by atoms with Crippen LogP contribution in [0.15, 0.2) is 65.7 Å². The van der Waals surface area contributed by atoms with E-state index in [2.05, 4.69) is 48.8 Å². The summed E-state index contributed by atoms with van der Waals surface area (Å²) in [5, 5.41) is 23.0. The van der Waals surface area contributed by atoms with Crippen molar-refractivity contribution in [1.29, 1.82) is 0 Å². The number of halogens is 1. The van der Waals surface area contributed by atoms with E-state index in [-0.39, 0.29) is 17.3 Å². The molecule has 5 heterocycles. The number of aromatic nitrogens is 3. The van der Waals surface area contributed by atoms with Crippen molar-refractivity contribution in [1.82, 2.24) is 25.0 Å². The summed E-state index contributed by atoms with van der Waals surface area (Å²) in [6.45, 7) is 3.97. The third kappa shape index (κ3) is 7.38. The number of hydrogen-bond acceptors (Lipinski definition) is 9. The molecule has 0 saturated carbocycles. The number of ether oxygens (including phenoxy) is 2. The highest BCUT2D eigenvalue weighted by Gasteiger charge is 2.28. The van der Waals surface area contributed by atoms with Gasteiger partial charge in [0.25, 0.3) is 5.56 Å². The molecule has 55 heavy (non-hydrogen) atoms. The fraction of sp³-hybridized carbons (Fsp3) is 0.405. The number of pyridine rings is 1. The van der Waals surface area contributed by atoms with Crippen LogP contribution in [-0.4, -0.2) is 76.8 Å². The maximum absolute atomic E-state index is 15.3. The Kier molecular flexibility index (Phi) is 10.2. The highest BCUT2D eigenvalue weighted by Crippen LogP contribution is 2.39. The Hall–Kier alpha value is -5.40. The van der Waals surface area contributed by atoms with Crippen LogP contribution in [0, 0.1) is 11.7 Å².